The van der Waals surface area contributed by atoms with Crippen molar-refractivity contribution in [3.63, 3.8) is 0 Å². The number of rotatable bonds is 5. The van der Waals surface area contributed by atoms with Crippen LogP contribution in [-0.4, -0.2) is 39.4 Å². The molecule has 0 fully saturated rings. The van der Waals surface area contributed by atoms with E-state index in [1.807, 2.05) is 75.3 Å². The van der Waals surface area contributed by atoms with Crippen LogP contribution in [0.15, 0.2) is 36.5 Å². The molecule has 0 spiro atoms. The van der Waals surface area contributed by atoms with Crippen molar-refractivity contribution in [1.29, 1.82) is 5.26 Å². The smallest absolute Gasteiger partial charge is 0.157 e. The summed E-state index contributed by atoms with van der Waals surface area (Å²) in [5.74, 6) is -0.146. The number of aliphatic hydroxyl groups excluding tert-OH is 3. The van der Waals surface area contributed by atoms with Crippen LogP contribution in [0, 0.1) is 27.6 Å². The van der Waals surface area contributed by atoms with Crippen LogP contribution >= 0.6 is 0 Å². The van der Waals surface area contributed by atoms with E-state index in [1.54, 1.807) is 0 Å². The SMILES string of the molecule is C=C(C#N)C(O)CC(C)(C)C.C=C(C(C)=O)C(O)C(C)(C)C.C=C(C)C(O)C(C)(C)C. The third kappa shape index (κ3) is 17.6. The summed E-state index contributed by atoms with van der Waals surface area (Å²) in [4.78, 5) is 10.8. The molecular formula is C26H47NO4. The average molecular weight is 438 g/mol. The average Bonchev–Trinajstić information content (AvgIpc) is 2.56. The first-order chi connectivity index (χ1) is 13.5. The van der Waals surface area contributed by atoms with Crippen molar-refractivity contribution in [2.24, 2.45) is 16.2 Å². The Kier molecular flexibility index (Phi) is 14.9. The summed E-state index contributed by atoms with van der Waals surface area (Å²) in [6.45, 7) is 31.5. The van der Waals surface area contributed by atoms with Gasteiger partial charge in [-0.25, -0.2) is 0 Å². The third-order valence-electron chi connectivity index (χ3n) is 4.24. The second kappa shape index (κ2) is 13.6. The van der Waals surface area contributed by atoms with Crippen molar-refractivity contribution in [2.45, 2.75) is 101 Å². The fourth-order valence-corrected chi connectivity index (χ4v) is 2.23. The highest BCUT2D eigenvalue weighted by Crippen LogP contribution is 2.25. The summed E-state index contributed by atoms with van der Waals surface area (Å²) < 4.78 is 0. The normalized spacial score (nSPS) is 14.4. The van der Waals surface area contributed by atoms with Gasteiger partial charge in [-0.1, -0.05) is 87.6 Å². The van der Waals surface area contributed by atoms with E-state index in [1.165, 1.54) is 6.92 Å². The molecule has 0 saturated carbocycles. The molecule has 3 unspecified atom stereocenters. The molecule has 0 aromatic carbocycles. The molecule has 0 saturated heterocycles. The molecule has 0 aromatic rings. The van der Waals surface area contributed by atoms with E-state index in [9.17, 15) is 20.1 Å². The van der Waals surface area contributed by atoms with Gasteiger partial charge in [0.25, 0.3) is 0 Å². The summed E-state index contributed by atoms with van der Waals surface area (Å²) >= 11 is 0. The number of carbonyl (C=O) groups excluding carboxylic acids is 1. The van der Waals surface area contributed by atoms with Crippen molar-refractivity contribution < 1.29 is 20.1 Å². The number of hydrogen-bond acceptors (Lipinski definition) is 5. The molecule has 0 radical (unpaired) electrons. The van der Waals surface area contributed by atoms with E-state index in [2.05, 4.69) is 19.7 Å². The number of carbonyl (C=O) groups is 1. The minimum atomic E-state index is -0.736. The molecule has 0 aliphatic heterocycles. The van der Waals surface area contributed by atoms with E-state index in [-0.39, 0.29) is 39.3 Å². The van der Waals surface area contributed by atoms with Crippen molar-refractivity contribution >= 4 is 5.78 Å². The highest BCUT2D eigenvalue weighted by molar-refractivity contribution is 5.93. The Hall–Kier alpha value is -1.74. The van der Waals surface area contributed by atoms with Gasteiger partial charge in [-0.3, -0.25) is 4.79 Å². The Morgan fingerprint density at radius 2 is 1.19 bits per heavy atom. The zero-order valence-corrected chi connectivity index (χ0v) is 21.8. The van der Waals surface area contributed by atoms with Gasteiger partial charge in [-0.05, 0) is 36.5 Å². The highest BCUT2D eigenvalue weighted by atomic mass is 16.3. The second-order valence-corrected chi connectivity index (χ2v) is 11.4. The predicted octanol–water partition coefficient (Wildman–Crippen LogP) is 5.37. The lowest BCUT2D eigenvalue weighted by molar-refractivity contribution is -0.115. The summed E-state index contributed by atoms with van der Waals surface area (Å²) in [6.07, 6.45) is -1.21. The standard InChI is InChI=1S/C9H15NO.C9H16O2.C8H16O/c1-7(6-10)8(11)5-9(2,3)4;1-6(7(2)10)8(11)9(3,4)5;1-6(2)7(9)8(3,4)5/h8,11H,1,5H2,2-4H3;8,11H,1H2,2-5H3;7,9H,1H2,2-5H3. The Morgan fingerprint density at radius 1 is 0.839 bits per heavy atom. The van der Waals surface area contributed by atoms with Crippen LogP contribution in [0.2, 0.25) is 0 Å². The number of nitriles is 1. The summed E-state index contributed by atoms with van der Waals surface area (Å²) in [6, 6.07) is 1.84. The van der Waals surface area contributed by atoms with E-state index in [4.69, 9.17) is 5.26 Å². The Labute approximate surface area is 191 Å². The maximum absolute atomic E-state index is 10.8. The molecule has 3 atom stereocenters. The molecule has 0 aromatic heterocycles. The van der Waals surface area contributed by atoms with Gasteiger partial charge < -0.3 is 15.3 Å². The van der Waals surface area contributed by atoms with Gasteiger partial charge >= 0.3 is 0 Å². The van der Waals surface area contributed by atoms with Gasteiger partial charge in [-0.2, -0.15) is 5.26 Å². The number of Topliss-reactive ketones (excluding diaryl/α,β-unsaturated/α-hetero) is 1. The molecule has 0 bridgehead atoms. The Bertz CT molecular complexity index is 649. The fraction of sp³-hybridized carbons (Fsp3) is 0.692. The topological polar surface area (TPSA) is 102 Å². The largest absolute Gasteiger partial charge is 0.388 e. The number of ketones is 1. The highest BCUT2D eigenvalue weighted by Gasteiger charge is 2.26. The molecule has 180 valence electrons. The summed E-state index contributed by atoms with van der Waals surface area (Å²) in [5, 5.41) is 36.6. The van der Waals surface area contributed by atoms with E-state index < -0.39 is 12.2 Å². The molecule has 0 rings (SSSR count). The van der Waals surface area contributed by atoms with E-state index in [0.717, 1.165) is 5.57 Å². The zero-order chi connectivity index (χ0) is 26.0. The van der Waals surface area contributed by atoms with Crippen molar-refractivity contribution in [2.75, 3.05) is 0 Å². The summed E-state index contributed by atoms with van der Waals surface area (Å²) in [5.41, 5.74) is 1.05. The molecule has 5 nitrogen and oxygen atoms in total. The third-order valence-corrected chi connectivity index (χ3v) is 4.24. The lowest BCUT2D eigenvalue weighted by Crippen LogP contribution is -2.30. The van der Waals surface area contributed by atoms with Crippen LogP contribution in [0.3, 0.4) is 0 Å². The number of nitrogens with zero attached hydrogens (tertiary/aromatic N) is 1. The van der Waals surface area contributed by atoms with Crippen LogP contribution in [0.1, 0.15) is 82.6 Å². The quantitative estimate of drug-likeness (QED) is 0.305. The van der Waals surface area contributed by atoms with Gasteiger partial charge in [0, 0.05) is 5.57 Å². The van der Waals surface area contributed by atoms with Crippen molar-refractivity contribution in [3.05, 3.63) is 36.5 Å². The molecule has 31 heavy (non-hydrogen) atoms. The van der Waals surface area contributed by atoms with Crippen LogP contribution in [0.5, 0.6) is 0 Å². The molecule has 0 heterocycles. The molecular weight excluding hydrogens is 390 g/mol. The van der Waals surface area contributed by atoms with Crippen LogP contribution < -0.4 is 0 Å². The van der Waals surface area contributed by atoms with E-state index in [0.29, 0.717) is 6.42 Å². The van der Waals surface area contributed by atoms with Crippen molar-refractivity contribution in [1.82, 2.24) is 0 Å². The van der Waals surface area contributed by atoms with Crippen LogP contribution in [0.4, 0.5) is 0 Å². The minimum absolute atomic E-state index is 0.0409. The van der Waals surface area contributed by atoms with Crippen molar-refractivity contribution in [3.8, 4) is 6.07 Å². The van der Waals surface area contributed by atoms with Gasteiger partial charge in [0.2, 0.25) is 0 Å². The first kappa shape index (κ1) is 33.9. The lowest BCUT2D eigenvalue weighted by Gasteiger charge is -2.26. The molecule has 0 amide bonds. The number of aliphatic hydroxyl groups is 3. The minimum Gasteiger partial charge on any atom is -0.388 e. The van der Waals surface area contributed by atoms with Crippen LogP contribution in [0.25, 0.3) is 0 Å². The monoisotopic (exact) mass is 437 g/mol. The van der Waals surface area contributed by atoms with Gasteiger partial charge in [0.1, 0.15) is 0 Å². The Balaban J connectivity index is -0.000000382. The van der Waals surface area contributed by atoms with E-state index >= 15 is 0 Å². The van der Waals surface area contributed by atoms with Crippen LogP contribution in [-0.2, 0) is 4.79 Å². The zero-order valence-electron chi connectivity index (χ0n) is 21.8. The first-order valence-corrected chi connectivity index (χ1v) is 10.5. The van der Waals surface area contributed by atoms with Gasteiger partial charge in [0.05, 0.1) is 30.0 Å². The molecule has 5 heteroatoms. The maximum atomic E-state index is 10.8. The number of hydrogen-bond donors (Lipinski definition) is 3. The lowest BCUT2D eigenvalue weighted by atomic mass is 9.84. The molecule has 0 aliphatic carbocycles. The van der Waals surface area contributed by atoms with Gasteiger partial charge in [-0.15, -0.1) is 0 Å². The maximum Gasteiger partial charge on any atom is 0.157 e. The molecule has 0 aliphatic rings. The molecule has 3 N–H and O–H groups in total. The summed E-state index contributed by atoms with van der Waals surface area (Å²) in [7, 11) is 0. The second-order valence-electron chi connectivity index (χ2n) is 11.4. The predicted molar refractivity (Wildman–Crippen MR) is 130 cm³/mol. The Morgan fingerprint density at radius 3 is 1.32 bits per heavy atom. The fourth-order valence-electron chi connectivity index (χ4n) is 2.23. The first-order valence-electron chi connectivity index (χ1n) is 10.5. The van der Waals surface area contributed by atoms with Gasteiger partial charge in [0.15, 0.2) is 5.78 Å².